The molecule has 0 saturated heterocycles. The van der Waals surface area contributed by atoms with Crippen molar-refractivity contribution in [3.05, 3.63) is 99.3 Å². The molecule has 1 aliphatic heterocycles. The van der Waals surface area contributed by atoms with Crippen molar-refractivity contribution in [2.24, 2.45) is 5.10 Å². The highest BCUT2D eigenvalue weighted by molar-refractivity contribution is 6.30. The smallest absolute Gasteiger partial charge is 0.417 e. The molecule has 1 atom stereocenters. The van der Waals surface area contributed by atoms with Gasteiger partial charge >= 0.3 is 11.8 Å². The number of hydrazone groups is 1. The molecule has 0 bridgehead atoms. The van der Waals surface area contributed by atoms with Gasteiger partial charge in [0.2, 0.25) is 0 Å². The summed E-state index contributed by atoms with van der Waals surface area (Å²) in [6.07, 6.45) is -2.85. The van der Waals surface area contributed by atoms with Gasteiger partial charge in [0.25, 0.3) is 5.91 Å². The monoisotopic (exact) mass is 516 g/mol. The van der Waals surface area contributed by atoms with E-state index in [9.17, 15) is 22.8 Å². The maximum absolute atomic E-state index is 13.3. The number of hydrogen-bond donors (Lipinski definition) is 0. The average molecular weight is 517 g/mol. The highest BCUT2D eigenvalue weighted by atomic mass is 35.5. The summed E-state index contributed by atoms with van der Waals surface area (Å²) in [5, 5.41) is 5.99. The Hall–Kier alpha value is -4.05. The van der Waals surface area contributed by atoms with Gasteiger partial charge < -0.3 is 13.6 Å². The van der Waals surface area contributed by atoms with Gasteiger partial charge in [-0.15, -0.1) is 0 Å². The number of benzene rings is 2. The van der Waals surface area contributed by atoms with Crippen LogP contribution in [0.15, 0.2) is 85.7 Å². The molecule has 11 heteroatoms. The maximum Gasteiger partial charge on any atom is 0.417 e. The van der Waals surface area contributed by atoms with Gasteiger partial charge in [0.05, 0.1) is 17.5 Å². The number of hydrogen-bond acceptors (Lipinski definition) is 6. The lowest BCUT2D eigenvalue weighted by Crippen LogP contribution is -2.31. The number of ether oxygens (including phenoxy) is 1. The molecular formula is C25H16ClF3N2O5. The summed E-state index contributed by atoms with van der Waals surface area (Å²) in [6.45, 7) is -0.469. The lowest BCUT2D eigenvalue weighted by atomic mass is 10.0. The summed E-state index contributed by atoms with van der Waals surface area (Å²) in [6, 6.07) is 13.9. The molecule has 7 nitrogen and oxygen atoms in total. The minimum atomic E-state index is -4.73. The van der Waals surface area contributed by atoms with Crippen LogP contribution >= 0.6 is 11.6 Å². The summed E-state index contributed by atoms with van der Waals surface area (Å²) in [4.78, 5) is 24.7. The molecule has 4 aromatic rings. The summed E-state index contributed by atoms with van der Waals surface area (Å²) >= 11 is 5.97. The first kappa shape index (κ1) is 23.7. The van der Waals surface area contributed by atoms with Crippen LogP contribution in [0.4, 0.5) is 13.2 Å². The molecule has 0 aliphatic carbocycles. The summed E-state index contributed by atoms with van der Waals surface area (Å²) in [7, 11) is 0. The van der Waals surface area contributed by atoms with Gasteiger partial charge in [-0.2, -0.15) is 18.3 Å². The van der Waals surface area contributed by atoms with E-state index in [1.807, 2.05) is 0 Å². The molecule has 184 valence electrons. The van der Waals surface area contributed by atoms with E-state index in [-0.39, 0.29) is 16.7 Å². The maximum atomic E-state index is 13.3. The molecule has 3 heterocycles. The Balaban J connectivity index is 1.38. The molecule has 0 N–H and O–H groups in total. The van der Waals surface area contributed by atoms with Crippen molar-refractivity contribution in [3.8, 4) is 5.75 Å². The molecular weight excluding hydrogens is 501 g/mol. The molecule has 2 aromatic carbocycles. The number of carbonyl (C=O) groups excluding carboxylic acids is 1. The third kappa shape index (κ3) is 4.72. The van der Waals surface area contributed by atoms with Crippen LogP contribution in [-0.4, -0.2) is 23.2 Å². The van der Waals surface area contributed by atoms with E-state index >= 15 is 0 Å². The molecule has 0 saturated carbocycles. The van der Waals surface area contributed by atoms with Crippen LogP contribution in [0.5, 0.6) is 5.75 Å². The number of carbonyl (C=O) groups is 1. The minimum Gasteiger partial charge on any atom is -0.484 e. The van der Waals surface area contributed by atoms with Crippen LogP contribution in [0.3, 0.4) is 0 Å². The van der Waals surface area contributed by atoms with Crippen LogP contribution in [0.1, 0.15) is 29.3 Å². The van der Waals surface area contributed by atoms with Crippen LogP contribution in [0, 0.1) is 0 Å². The first-order chi connectivity index (χ1) is 17.2. The van der Waals surface area contributed by atoms with Crippen LogP contribution in [0.25, 0.3) is 11.0 Å². The average Bonchev–Trinajstić information content (AvgIpc) is 3.52. The fourth-order valence-electron chi connectivity index (χ4n) is 3.94. The van der Waals surface area contributed by atoms with Crippen molar-refractivity contribution in [2.45, 2.75) is 18.6 Å². The Morgan fingerprint density at radius 1 is 1.14 bits per heavy atom. The Morgan fingerprint density at radius 2 is 1.92 bits per heavy atom. The number of rotatable bonds is 5. The van der Waals surface area contributed by atoms with E-state index in [4.69, 9.17) is 25.2 Å². The number of alkyl halides is 3. The molecule has 36 heavy (non-hydrogen) atoms. The van der Waals surface area contributed by atoms with Crippen LogP contribution in [0.2, 0.25) is 5.02 Å². The lowest BCUT2D eigenvalue weighted by Gasteiger charge is -2.20. The highest BCUT2D eigenvalue weighted by Crippen LogP contribution is 2.36. The molecule has 0 unspecified atom stereocenters. The molecule has 2 aromatic heterocycles. The van der Waals surface area contributed by atoms with Gasteiger partial charge in [0, 0.05) is 29.0 Å². The molecule has 0 fully saturated rings. The number of nitrogens with zero attached hydrogens (tertiary/aromatic N) is 2. The normalized spacial score (nSPS) is 15.8. The topological polar surface area (TPSA) is 85.3 Å². The van der Waals surface area contributed by atoms with E-state index in [1.165, 1.54) is 17.3 Å². The van der Waals surface area contributed by atoms with Crippen molar-refractivity contribution in [1.29, 1.82) is 0 Å². The molecule has 5 rings (SSSR count). The van der Waals surface area contributed by atoms with Gasteiger partial charge in [-0.1, -0.05) is 23.7 Å². The second kappa shape index (κ2) is 9.19. The number of furan rings is 1. The van der Waals surface area contributed by atoms with E-state index in [2.05, 4.69) is 5.10 Å². The molecule has 1 amide bonds. The fourth-order valence-corrected chi connectivity index (χ4v) is 4.06. The summed E-state index contributed by atoms with van der Waals surface area (Å²) < 4.78 is 55.7. The number of fused-ring (bicyclic) bond motifs is 1. The molecule has 0 spiro atoms. The van der Waals surface area contributed by atoms with Crippen molar-refractivity contribution in [3.63, 3.8) is 0 Å². The Bertz CT molecular complexity index is 1510. The predicted molar refractivity (Wildman–Crippen MR) is 124 cm³/mol. The van der Waals surface area contributed by atoms with Gasteiger partial charge in [0.1, 0.15) is 23.1 Å². The zero-order valence-electron chi connectivity index (χ0n) is 18.3. The van der Waals surface area contributed by atoms with Crippen molar-refractivity contribution in [2.75, 3.05) is 6.61 Å². The summed E-state index contributed by atoms with van der Waals surface area (Å²) in [5.74, 6) is 0.0724. The van der Waals surface area contributed by atoms with Gasteiger partial charge in [-0.05, 0) is 42.0 Å². The van der Waals surface area contributed by atoms with Gasteiger partial charge in [-0.3, -0.25) is 4.79 Å². The van der Waals surface area contributed by atoms with E-state index in [0.29, 0.717) is 29.0 Å². The van der Waals surface area contributed by atoms with Gasteiger partial charge in [0.15, 0.2) is 6.61 Å². The zero-order valence-corrected chi connectivity index (χ0v) is 19.0. The Kier molecular flexibility index (Phi) is 6.05. The third-order valence-corrected chi connectivity index (χ3v) is 5.85. The second-order valence-corrected chi connectivity index (χ2v) is 8.39. The quantitative estimate of drug-likeness (QED) is 0.312. The largest absolute Gasteiger partial charge is 0.484 e. The van der Waals surface area contributed by atoms with Gasteiger partial charge in [-0.25, -0.2) is 9.80 Å². The minimum absolute atomic E-state index is 0.0500. The lowest BCUT2D eigenvalue weighted by molar-refractivity contribution is -0.136. The van der Waals surface area contributed by atoms with E-state index < -0.39 is 35.9 Å². The Labute approximate surface area is 206 Å². The number of amides is 1. The van der Waals surface area contributed by atoms with Crippen molar-refractivity contribution >= 4 is 34.2 Å². The zero-order chi connectivity index (χ0) is 25.4. The van der Waals surface area contributed by atoms with Crippen molar-refractivity contribution < 1.29 is 31.5 Å². The molecule has 1 aliphatic rings. The molecule has 0 radical (unpaired) electrons. The fraction of sp³-hybridized carbons (Fsp3) is 0.160. The SMILES string of the molecule is O=C(COc1ccc2c(C(F)(F)F)cc(=O)oc2c1)N1N=C(c2ccc(Cl)cc2)C[C@H]1c1ccco1. The Morgan fingerprint density at radius 3 is 2.61 bits per heavy atom. The predicted octanol–water partition coefficient (Wildman–Crippen LogP) is 5.81. The first-order valence-corrected chi connectivity index (χ1v) is 11.0. The van der Waals surface area contributed by atoms with Crippen LogP contribution < -0.4 is 10.4 Å². The third-order valence-electron chi connectivity index (χ3n) is 5.60. The first-order valence-electron chi connectivity index (χ1n) is 10.7. The second-order valence-electron chi connectivity index (χ2n) is 7.95. The van der Waals surface area contributed by atoms with E-state index in [1.54, 1.807) is 36.4 Å². The van der Waals surface area contributed by atoms with E-state index in [0.717, 1.165) is 17.7 Å². The van der Waals surface area contributed by atoms with Crippen LogP contribution in [-0.2, 0) is 11.0 Å². The standard InChI is InChI=1S/C25H16ClF3N2O5/c26-15-5-3-14(4-6-15)19-12-20(21-2-1-9-34-21)31(30-19)23(32)13-35-16-7-8-17-18(25(27,28)29)11-24(33)36-22(17)10-16/h1-11,20H,12-13H2/t20-/m0/s1. The highest BCUT2D eigenvalue weighted by Gasteiger charge is 2.36. The summed E-state index contributed by atoms with van der Waals surface area (Å²) in [5.41, 5.74) is -1.13. The van der Waals surface area contributed by atoms with Crippen molar-refractivity contribution in [1.82, 2.24) is 5.01 Å². The number of halogens is 4.